The van der Waals surface area contributed by atoms with E-state index >= 15 is 0 Å². The molecule has 2 saturated carbocycles. The van der Waals surface area contributed by atoms with Gasteiger partial charge in [-0.3, -0.25) is 0 Å². The van der Waals surface area contributed by atoms with Crippen molar-refractivity contribution >= 4 is 28.7 Å². The van der Waals surface area contributed by atoms with Crippen LogP contribution in [-0.2, 0) is 0 Å². The Morgan fingerprint density at radius 1 is 1.19 bits per heavy atom. The number of aryl methyl sites for hydroxylation is 1. The van der Waals surface area contributed by atoms with Crippen molar-refractivity contribution in [2.75, 3.05) is 24.8 Å². The Balaban J connectivity index is 1.43. The van der Waals surface area contributed by atoms with Gasteiger partial charge in [-0.2, -0.15) is 0 Å². The molecule has 0 saturated heterocycles. The van der Waals surface area contributed by atoms with Crippen LogP contribution < -0.4 is 10.1 Å². The summed E-state index contributed by atoms with van der Waals surface area (Å²) in [6.07, 6.45) is 0.969. The maximum absolute atomic E-state index is 10.7. The number of nitrogens with zero attached hydrogens (tertiary/aromatic N) is 5. The molecular weight excluding hydrogens is 480 g/mol. The molecule has 3 aromatic rings. The van der Waals surface area contributed by atoms with Crippen molar-refractivity contribution in [3.63, 3.8) is 0 Å². The molecule has 2 fully saturated rings. The first-order valence-electron chi connectivity index (χ1n) is 12.6. The molecule has 10 nitrogen and oxygen atoms in total. The van der Waals surface area contributed by atoms with E-state index in [1.54, 1.807) is 23.6 Å². The van der Waals surface area contributed by atoms with Gasteiger partial charge in [-0.25, -0.2) is 14.6 Å². The van der Waals surface area contributed by atoms with Gasteiger partial charge >= 0.3 is 0 Å². The first-order valence-corrected chi connectivity index (χ1v) is 13.6. The molecule has 194 valence electrons. The Labute approximate surface area is 214 Å². The topological polar surface area (TPSA) is 138 Å². The normalized spacial score (nSPS) is 27.5. The van der Waals surface area contributed by atoms with Crippen molar-refractivity contribution < 1.29 is 20.1 Å². The molecule has 2 aromatic heterocycles. The Hall–Kier alpha value is -2.47. The van der Waals surface area contributed by atoms with E-state index in [1.165, 1.54) is 5.56 Å². The second-order valence-corrected chi connectivity index (χ2v) is 10.9. The maximum Gasteiger partial charge on any atom is 0.191 e. The van der Waals surface area contributed by atoms with Gasteiger partial charge in [0.2, 0.25) is 0 Å². The van der Waals surface area contributed by atoms with Gasteiger partial charge in [-0.15, -0.1) is 5.10 Å². The molecule has 2 aliphatic rings. The number of hydrogen-bond donors (Lipinski definition) is 4. The standard InChI is InChI=1S/C25H34N6O4S/c1-4-9-36-25-27-23(26-17-12-16(17)14-5-6-19(35-3)13(2)10-14)20-24(28-25)31(30-29-20)18-11-15(7-8-32)21(33)22(18)34/h5-6,10,15-18,21-22,32-34H,4,7-9,11-12H2,1-3H3,(H,26,27,28)/t15-,16?,17?,18+,21+,22-/m1/s1. The minimum atomic E-state index is -1.00. The molecule has 5 rings (SSSR count). The lowest BCUT2D eigenvalue weighted by molar-refractivity contribution is 0.00107. The number of methoxy groups -OCH3 is 1. The highest BCUT2D eigenvalue weighted by atomic mass is 32.2. The van der Waals surface area contributed by atoms with Crippen molar-refractivity contribution in [2.45, 2.75) is 74.9 Å². The molecule has 0 radical (unpaired) electrons. The Morgan fingerprint density at radius 3 is 2.75 bits per heavy atom. The fourth-order valence-electron chi connectivity index (χ4n) is 5.22. The Kier molecular flexibility index (Phi) is 7.34. The second-order valence-electron chi connectivity index (χ2n) is 9.79. The zero-order valence-corrected chi connectivity index (χ0v) is 21.6. The molecule has 0 bridgehead atoms. The van der Waals surface area contributed by atoms with Crippen LogP contribution >= 0.6 is 11.8 Å². The van der Waals surface area contributed by atoms with Gasteiger partial charge in [-0.1, -0.05) is 36.0 Å². The SMILES string of the molecule is CCCSc1nc(NC2CC2c2ccc(OC)c(C)c2)c2nnn([C@H]3C[C@@H](CCO)[C@H](O)[C@@H]3O)c2n1. The molecule has 2 unspecified atom stereocenters. The van der Waals surface area contributed by atoms with Crippen LogP contribution in [0, 0.1) is 12.8 Å². The van der Waals surface area contributed by atoms with Crippen LogP contribution in [0.5, 0.6) is 5.75 Å². The van der Waals surface area contributed by atoms with Gasteiger partial charge in [0.15, 0.2) is 22.1 Å². The number of nitrogens with one attached hydrogen (secondary N) is 1. The number of hydrogen-bond acceptors (Lipinski definition) is 10. The molecule has 2 heterocycles. The second kappa shape index (κ2) is 10.5. The van der Waals surface area contributed by atoms with E-state index in [-0.39, 0.29) is 18.6 Å². The summed E-state index contributed by atoms with van der Waals surface area (Å²) in [6, 6.07) is 6.05. The Bertz CT molecular complexity index is 1220. The molecule has 2 aliphatic carbocycles. The van der Waals surface area contributed by atoms with Crippen LogP contribution in [0.1, 0.15) is 55.7 Å². The van der Waals surface area contributed by atoms with Gasteiger partial charge in [0, 0.05) is 24.3 Å². The van der Waals surface area contributed by atoms with Gasteiger partial charge < -0.3 is 25.4 Å². The fourth-order valence-corrected chi connectivity index (χ4v) is 5.91. The third-order valence-corrected chi connectivity index (χ3v) is 8.34. The number of benzene rings is 1. The molecule has 6 atom stereocenters. The first-order chi connectivity index (χ1) is 17.4. The summed E-state index contributed by atoms with van der Waals surface area (Å²) in [5.41, 5.74) is 3.48. The molecule has 0 aliphatic heterocycles. The molecule has 0 spiro atoms. The lowest BCUT2D eigenvalue weighted by atomic mass is 10.0. The number of rotatable bonds is 10. The van der Waals surface area contributed by atoms with Gasteiger partial charge in [0.05, 0.1) is 19.3 Å². The van der Waals surface area contributed by atoms with Crippen molar-refractivity contribution in [3.05, 3.63) is 29.3 Å². The molecule has 1 aromatic carbocycles. The van der Waals surface area contributed by atoms with E-state index in [2.05, 4.69) is 41.6 Å². The molecular formula is C25H34N6O4S. The molecule has 11 heteroatoms. The van der Waals surface area contributed by atoms with Crippen molar-refractivity contribution in [2.24, 2.45) is 5.92 Å². The number of aromatic nitrogens is 5. The number of thioether (sulfide) groups is 1. The number of ether oxygens (including phenoxy) is 1. The zero-order chi connectivity index (χ0) is 25.4. The highest BCUT2D eigenvalue weighted by Crippen LogP contribution is 2.45. The number of aliphatic hydroxyl groups excluding tert-OH is 3. The highest BCUT2D eigenvalue weighted by Gasteiger charge is 2.44. The summed E-state index contributed by atoms with van der Waals surface area (Å²) in [5.74, 6) is 2.57. The predicted molar refractivity (Wildman–Crippen MR) is 137 cm³/mol. The van der Waals surface area contributed by atoms with Crippen LogP contribution in [0.15, 0.2) is 23.4 Å². The van der Waals surface area contributed by atoms with Crippen molar-refractivity contribution in [3.8, 4) is 5.75 Å². The lowest BCUT2D eigenvalue weighted by Gasteiger charge is -2.17. The fraction of sp³-hybridized carbons (Fsp3) is 0.600. The number of anilines is 1. The van der Waals surface area contributed by atoms with Crippen LogP contribution in [0.3, 0.4) is 0 Å². The van der Waals surface area contributed by atoms with Crippen LogP contribution in [0.25, 0.3) is 11.2 Å². The van der Waals surface area contributed by atoms with Gasteiger partial charge in [0.1, 0.15) is 11.9 Å². The van der Waals surface area contributed by atoms with Crippen molar-refractivity contribution in [1.29, 1.82) is 0 Å². The minimum absolute atomic E-state index is 0.0381. The Morgan fingerprint density at radius 2 is 2.03 bits per heavy atom. The van der Waals surface area contributed by atoms with Gasteiger partial charge in [0.25, 0.3) is 0 Å². The lowest BCUT2D eigenvalue weighted by Crippen LogP contribution is -2.30. The monoisotopic (exact) mass is 514 g/mol. The average Bonchev–Trinajstić information content (AvgIpc) is 3.42. The van der Waals surface area contributed by atoms with E-state index < -0.39 is 18.2 Å². The van der Waals surface area contributed by atoms with Gasteiger partial charge in [-0.05, 0) is 55.7 Å². The van der Waals surface area contributed by atoms with E-state index in [0.29, 0.717) is 40.9 Å². The van der Waals surface area contributed by atoms with Crippen LogP contribution in [0.4, 0.5) is 5.82 Å². The number of aliphatic hydroxyl groups is 3. The third kappa shape index (κ3) is 4.77. The average molecular weight is 515 g/mol. The largest absolute Gasteiger partial charge is 0.496 e. The quantitative estimate of drug-likeness (QED) is 0.236. The zero-order valence-electron chi connectivity index (χ0n) is 20.8. The smallest absolute Gasteiger partial charge is 0.191 e. The summed E-state index contributed by atoms with van der Waals surface area (Å²) in [4.78, 5) is 9.51. The first kappa shape index (κ1) is 25.2. The van der Waals surface area contributed by atoms with E-state index in [0.717, 1.165) is 29.9 Å². The molecule has 4 N–H and O–H groups in total. The molecule has 0 amide bonds. The summed E-state index contributed by atoms with van der Waals surface area (Å²) in [7, 11) is 1.68. The van der Waals surface area contributed by atoms with Crippen LogP contribution in [-0.4, -0.2) is 78.0 Å². The maximum atomic E-state index is 10.7. The van der Waals surface area contributed by atoms with Crippen molar-refractivity contribution in [1.82, 2.24) is 25.0 Å². The summed E-state index contributed by atoms with van der Waals surface area (Å²) in [5, 5.41) is 43.5. The van der Waals surface area contributed by atoms with Crippen LogP contribution in [0.2, 0.25) is 0 Å². The summed E-state index contributed by atoms with van der Waals surface area (Å²) >= 11 is 1.57. The summed E-state index contributed by atoms with van der Waals surface area (Å²) in [6.45, 7) is 4.12. The van der Waals surface area contributed by atoms with E-state index in [9.17, 15) is 15.3 Å². The minimum Gasteiger partial charge on any atom is -0.496 e. The summed E-state index contributed by atoms with van der Waals surface area (Å²) < 4.78 is 7.02. The third-order valence-electron chi connectivity index (χ3n) is 7.28. The van der Waals surface area contributed by atoms with E-state index in [4.69, 9.17) is 14.7 Å². The number of fused-ring (bicyclic) bond motifs is 1. The van der Waals surface area contributed by atoms with E-state index in [1.807, 2.05) is 6.07 Å². The predicted octanol–water partition coefficient (Wildman–Crippen LogP) is 2.67. The highest BCUT2D eigenvalue weighted by molar-refractivity contribution is 7.99. The molecule has 36 heavy (non-hydrogen) atoms.